The van der Waals surface area contributed by atoms with E-state index in [1.54, 1.807) is 11.3 Å². The molecule has 4 nitrogen and oxygen atoms in total. The van der Waals surface area contributed by atoms with Crippen LogP contribution in [0.2, 0.25) is 0 Å². The molecule has 2 aromatic rings. The van der Waals surface area contributed by atoms with Crippen LogP contribution in [0, 0.1) is 0 Å². The summed E-state index contributed by atoms with van der Waals surface area (Å²) in [7, 11) is 0. The standard InChI is InChI=1S/C18H24N2O2S/c1-12(2)19-16(21)10-22-14-8-6-13(7-9-14)17-20-15(11-23-17)18(3,4)5/h6-9,11-12H,10H2,1-5H3,(H,19,21). The summed E-state index contributed by atoms with van der Waals surface area (Å²) in [6.07, 6.45) is 0. The molecule has 23 heavy (non-hydrogen) atoms. The van der Waals surface area contributed by atoms with Crippen LogP contribution in [0.1, 0.15) is 40.3 Å². The molecule has 1 amide bonds. The maximum Gasteiger partial charge on any atom is 0.258 e. The van der Waals surface area contributed by atoms with Crippen molar-refractivity contribution in [2.24, 2.45) is 0 Å². The van der Waals surface area contributed by atoms with Gasteiger partial charge in [-0.25, -0.2) is 4.98 Å². The third kappa shape index (κ3) is 5.06. The molecule has 0 spiro atoms. The predicted molar refractivity (Wildman–Crippen MR) is 95.0 cm³/mol. The van der Waals surface area contributed by atoms with Crippen LogP contribution in [-0.4, -0.2) is 23.5 Å². The minimum Gasteiger partial charge on any atom is -0.484 e. The van der Waals surface area contributed by atoms with Gasteiger partial charge in [-0.15, -0.1) is 11.3 Å². The highest BCUT2D eigenvalue weighted by Crippen LogP contribution is 2.30. The Labute approximate surface area is 141 Å². The van der Waals surface area contributed by atoms with Gasteiger partial charge in [-0.05, 0) is 38.1 Å². The molecular weight excluding hydrogens is 308 g/mol. The van der Waals surface area contributed by atoms with Crippen molar-refractivity contribution in [3.05, 3.63) is 35.3 Å². The largest absolute Gasteiger partial charge is 0.484 e. The number of carbonyl (C=O) groups is 1. The lowest BCUT2D eigenvalue weighted by molar-refractivity contribution is -0.123. The van der Waals surface area contributed by atoms with Gasteiger partial charge in [0.1, 0.15) is 10.8 Å². The Hall–Kier alpha value is -1.88. The highest BCUT2D eigenvalue weighted by atomic mass is 32.1. The summed E-state index contributed by atoms with van der Waals surface area (Å²) in [5, 5.41) is 5.90. The molecule has 0 saturated carbocycles. The van der Waals surface area contributed by atoms with E-state index in [1.165, 1.54) is 0 Å². The number of rotatable bonds is 5. The van der Waals surface area contributed by atoms with E-state index >= 15 is 0 Å². The monoisotopic (exact) mass is 332 g/mol. The van der Waals surface area contributed by atoms with Crippen LogP contribution in [-0.2, 0) is 10.2 Å². The van der Waals surface area contributed by atoms with Crippen molar-refractivity contribution in [2.45, 2.75) is 46.1 Å². The molecule has 0 fully saturated rings. The first-order valence-corrected chi connectivity index (χ1v) is 8.62. The van der Waals surface area contributed by atoms with Gasteiger partial charge in [0.05, 0.1) is 5.69 Å². The predicted octanol–water partition coefficient (Wildman–Crippen LogP) is 4.01. The SMILES string of the molecule is CC(C)NC(=O)COc1ccc(-c2nc(C(C)(C)C)cs2)cc1. The molecule has 0 aliphatic rings. The van der Waals surface area contributed by atoms with Gasteiger partial charge < -0.3 is 10.1 Å². The molecule has 1 heterocycles. The van der Waals surface area contributed by atoms with E-state index in [-0.39, 0.29) is 24.0 Å². The Kier molecular flexibility index (Phi) is 5.42. The zero-order chi connectivity index (χ0) is 17.0. The Bertz CT molecular complexity index is 654. The van der Waals surface area contributed by atoms with Crippen molar-refractivity contribution < 1.29 is 9.53 Å². The Morgan fingerprint density at radius 2 is 1.91 bits per heavy atom. The molecule has 0 radical (unpaired) electrons. The maximum atomic E-state index is 11.6. The van der Waals surface area contributed by atoms with Crippen molar-refractivity contribution in [3.63, 3.8) is 0 Å². The third-order valence-electron chi connectivity index (χ3n) is 3.19. The lowest BCUT2D eigenvalue weighted by atomic mass is 9.93. The van der Waals surface area contributed by atoms with Crippen molar-refractivity contribution in [1.82, 2.24) is 10.3 Å². The number of carbonyl (C=O) groups excluding carboxylic acids is 1. The molecule has 1 aromatic heterocycles. The zero-order valence-corrected chi connectivity index (χ0v) is 15.2. The molecule has 124 valence electrons. The Balaban J connectivity index is 1.99. The smallest absolute Gasteiger partial charge is 0.258 e. The molecule has 0 bridgehead atoms. The first-order valence-electron chi connectivity index (χ1n) is 7.74. The molecule has 0 atom stereocenters. The zero-order valence-electron chi connectivity index (χ0n) is 14.3. The number of nitrogens with one attached hydrogen (secondary N) is 1. The molecule has 0 aliphatic heterocycles. The molecule has 0 saturated heterocycles. The maximum absolute atomic E-state index is 11.6. The van der Waals surface area contributed by atoms with E-state index in [2.05, 4.69) is 31.5 Å². The van der Waals surface area contributed by atoms with Crippen molar-refractivity contribution in [2.75, 3.05) is 6.61 Å². The number of aromatic nitrogens is 1. The van der Waals surface area contributed by atoms with Crippen LogP contribution in [0.25, 0.3) is 10.6 Å². The van der Waals surface area contributed by atoms with Gasteiger partial charge in [-0.2, -0.15) is 0 Å². The summed E-state index contributed by atoms with van der Waals surface area (Å²) in [5.74, 6) is 0.569. The summed E-state index contributed by atoms with van der Waals surface area (Å²) < 4.78 is 5.49. The molecule has 0 unspecified atom stereocenters. The van der Waals surface area contributed by atoms with Gasteiger partial charge in [0.15, 0.2) is 6.61 Å². The molecular formula is C18H24N2O2S. The third-order valence-corrected chi connectivity index (χ3v) is 4.08. The molecule has 1 aromatic carbocycles. The summed E-state index contributed by atoms with van der Waals surface area (Å²) >= 11 is 1.64. The van der Waals surface area contributed by atoms with Crippen LogP contribution >= 0.6 is 11.3 Å². The van der Waals surface area contributed by atoms with Crippen LogP contribution in [0.5, 0.6) is 5.75 Å². The fourth-order valence-corrected chi connectivity index (χ4v) is 3.01. The second-order valence-corrected chi connectivity index (χ2v) is 7.68. The second-order valence-electron chi connectivity index (χ2n) is 6.82. The fourth-order valence-electron chi connectivity index (χ4n) is 1.96. The summed E-state index contributed by atoms with van der Waals surface area (Å²) in [6, 6.07) is 7.81. The summed E-state index contributed by atoms with van der Waals surface area (Å²) in [5.41, 5.74) is 2.22. The molecule has 2 rings (SSSR count). The second kappa shape index (κ2) is 7.13. The van der Waals surface area contributed by atoms with Gasteiger partial charge in [-0.1, -0.05) is 20.8 Å². The van der Waals surface area contributed by atoms with Crippen LogP contribution in [0.15, 0.2) is 29.6 Å². The van der Waals surface area contributed by atoms with Gasteiger partial charge >= 0.3 is 0 Å². The minimum atomic E-state index is -0.112. The first kappa shape index (κ1) is 17.5. The van der Waals surface area contributed by atoms with Gasteiger partial charge in [0, 0.05) is 22.4 Å². The number of amides is 1. The lowest BCUT2D eigenvalue weighted by Crippen LogP contribution is -2.34. The van der Waals surface area contributed by atoms with E-state index < -0.39 is 0 Å². The van der Waals surface area contributed by atoms with Gasteiger partial charge in [0.25, 0.3) is 5.91 Å². The number of nitrogens with zero attached hydrogens (tertiary/aromatic N) is 1. The summed E-state index contributed by atoms with van der Waals surface area (Å²) in [4.78, 5) is 16.3. The van der Waals surface area contributed by atoms with Crippen LogP contribution in [0.4, 0.5) is 0 Å². The Morgan fingerprint density at radius 3 is 2.43 bits per heavy atom. The van der Waals surface area contributed by atoms with E-state index in [9.17, 15) is 4.79 Å². The van der Waals surface area contributed by atoms with Crippen LogP contribution in [0.3, 0.4) is 0 Å². The average Bonchev–Trinajstić information content (AvgIpc) is 2.95. The number of thiazole rings is 1. The molecule has 5 heteroatoms. The molecule has 1 N–H and O–H groups in total. The normalized spacial score (nSPS) is 11.6. The van der Waals surface area contributed by atoms with Crippen LogP contribution < -0.4 is 10.1 Å². The Morgan fingerprint density at radius 1 is 1.26 bits per heavy atom. The van der Waals surface area contributed by atoms with Crippen molar-refractivity contribution in [1.29, 1.82) is 0 Å². The topological polar surface area (TPSA) is 51.2 Å². The van der Waals surface area contributed by atoms with Gasteiger partial charge in [0.2, 0.25) is 0 Å². The van der Waals surface area contributed by atoms with Crippen molar-refractivity contribution in [3.8, 4) is 16.3 Å². The first-order chi connectivity index (χ1) is 10.8. The minimum absolute atomic E-state index is 0.0307. The molecule has 0 aliphatic carbocycles. The average molecular weight is 332 g/mol. The van der Waals surface area contributed by atoms with Gasteiger partial charge in [-0.3, -0.25) is 4.79 Å². The highest BCUT2D eigenvalue weighted by Gasteiger charge is 2.17. The fraction of sp³-hybridized carbons (Fsp3) is 0.444. The van der Waals surface area contributed by atoms with E-state index in [4.69, 9.17) is 9.72 Å². The number of hydrogen-bond acceptors (Lipinski definition) is 4. The van der Waals surface area contributed by atoms with Crippen molar-refractivity contribution >= 4 is 17.2 Å². The summed E-state index contributed by atoms with van der Waals surface area (Å²) in [6.45, 7) is 10.4. The number of ether oxygens (including phenoxy) is 1. The van der Waals surface area contributed by atoms with E-state index in [0.29, 0.717) is 5.75 Å². The quantitative estimate of drug-likeness (QED) is 0.900. The highest BCUT2D eigenvalue weighted by molar-refractivity contribution is 7.13. The lowest BCUT2D eigenvalue weighted by Gasteiger charge is -2.14. The van der Waals surface area contributed by atoms with E-state index in [0.717, 1.165) is 16.3 Å². The number of hydrogen-bond donors (Lipinski definition) is 1. The number of benzene rings is 1. The van der Waals surface area contributed by atoms with E-state index in [1.807, 2.05) is 38.1 Å².